The number of aromatic nitrogens is 2. The van der Waals surface area contributed by atoms with Crippen molar-refractivity contribution in [2.45, 2.75) is 18.2 Å². The van der Waals surface area contributed by atoms with E-state index in [0.29, 0.717) is 28.9 Å². The van der Waals surface area contributed by atoms with Crippen LogP contribution in [0, 0.1) is 0 Å². The number of hydrogen-bond donors (Lipinski definition) is 1. The molecule has 0 unspecified atom stereocenters. The number of allylic oxidation sites excluding steroid dienone is 5. The smallest absolute Gasteiger partial charge is 0.263 e. The molecule has 0 spiro atoms. The molecule has 0 fully saturated rings. The molecule has 0 amide bonds. The van der Waals surface area contributed by atoms with Crippen molar-refractivity contribution in [3.63, 3.8) is 0 Å². The van der Waals surface area contributed by atoms with Gasteiger partial charge in [-0.25, -0.2) is 23.4 Å². The molecule has 9 heteroatoms. The van der Waals surface area contributed by atoms with Crippen molar-refractivity contribution in [2.75, 3.05) is 11.3 Å². The van der Waals surface area contributed by atoms with Crippen LogP contribution in [0.2, 0.25) is 0 Å². The number of hydrogen-bond acceptors (Lipinski definition) is 7. The molecule has 4 rings (SSSR count). The van der Waals surface area contributed by atoms with E-state index in [1.54, 1.807) is 60.7 Å². The summed E-state index contributed by atoms with van der Waals surface area (Å²) in [6.07, 6.45) is 7.20. The highest BCUT2D eigenvalue weighted by atomic mass is 32.2. The van der Waals surface area contributed by atoms with Crippen LogP contribution < -0.4 is 9.83 Å². The number of ether oxygens (including phenoxy) is 1. The Morgan fingerprint density at radius 3 is 2.27 bits per heavy atom. The van der Waals surface area contributed by atoms with Crippen molar-refractivity contribution < 1.29 is 18.3 Å². The Morgan fingerprint density at radius 2 is 1.61 bits per heavy atom. The van der Waals surface area contributed by atoms with E-state index in [1.807, 2.05) is 13.0 Å². The highest BCUT2D eigenvalue weighted by molar-refractivity contribution is 7.92. The lowest BCUT2D eigenvalue weighted by Gasteiger charge is -2.17. The average Bonchev–Trinajstić information content (AvgIpc) is 2.83. The van der Waals surface area contributed by atoms with Crippen LogP contribution in [0.25, 0.3) is 11.0 Å². The summed E-state index contributed by atoms with van der Waals surface area (Å²) in [7, 11) is -3.90. The maximum Gasteiger partial charge on any atom is 0.263 e. The summed E-state index contributed by atoms with van der Waals surface area (Å²) in [5, 5.41) is 12.0. The van der Waals surface area contributed by atoms with Gasteiger partial charge in [-0.3, -0.25) is 4.72 Å². The van der Waals surface area contributed by atoms with Gasteiger partial charge in [0, 0.05) is 0 Å². The van der Waals surface area contributed by atoms with Crippen molar-refractivity contribution in [3.8, 4) is 0 Å². The highest BCUT2D eigenvalue weighted by Gasteiger charge is 2.18. The zero-order valence-electron chi connectivity index (χ0n) is 17.8. The highest BCUT2D eigenvalue weighted by Crippen LogP contribution is 2.27. The lowest BCUT2D eigenvalue weighted by Crippen LogP contribution is -2.14. The van der Waals surface area contributed by atoms with E-state index in [-0.39, 0.29) is 16.5 Å². The van der Waals surface area contributed by atoms with Gasteiger partial charge in [0.1, 0.15) is 0 Å². The fourth-order valence-electron chi connectivity index (χ4n) is 3.00. The van der Waals surface area contributed by atoms with Gasteiger partial charge >= 0.3 is 0 Å². The van der Waals surface area contributed by atoms with E-state index in [9.17, 15) is 13.5 Å². The van der Waals surface area contributed by atoms with Crippen molar-refractivity contribution in [2.24, 2.45) is 4.99 Å². The Bertz CT molecular complexity index is 1380. The Balaban J connectivity index is 1.71. The van der Waals surface area contributed by atoms with Gasteiger partial charge in [0.15, 0.2) is 11.6 Å². The minimum atomic E-state index is -3.90. The van der Waals surface area contributed by atoms with Crippen molar-refractivity contribution in [3.05, 3.63) is 90.4 Å². The zero-order valence-corrected chi connectivity index (χ0v) is 18.6. The van der Waals surface area contributed by atoms with Gasteiger partial charge < -0.3 is 9.84 Å². The van der Waals surface area contributed by atoms with E-state index in [4.69, 9.17) is 4.74 Å². The van der Waals surface area contributed by atoms with Crippen molar-refractivity contribution >= 4 is 38.4 Å². The van der Waals surface area contributed by atoms with Crippen LogP contribution >= 0.6 is 0 Å². The third kappa shape index (κ3) is 5.27. The van der Waals surface area contributed by atoms with Crippen LogP contribution in [0.5, 0.6) is 0 Å². The first-order valence-electron chi connectivity index (χ1n) is 10.3. The van der Waals surface area contributed by atoms with E-state index in [2.05, 4.69) is 19.7 Å². The summed E-state index contributed by atoms with van der Waals surface area (Å²) in [4.78, 5) is 13.5. The summed E-state index contributed by atoms with van der Waals surface area (Å²) < 4.78 is 33.4. The van der Waals surface area contributed by atoms with Gasteiger partial charge in [-0.05, 0) is 55.0 Å². The summed E-state index contributed by atoms with van der Waals surface area (Å²) in [6.45, 7) is 2.27. The molecule has 1 heterocycles. The van der Waals surface area contributed by atoms with E-state index in [1.165, 1.54) is 12.1 Å². The molecule has 1 aromatic heterocycles. The van der Waals surface area contributed by atoms with Crippen LogP contribution in [0.15, 0.2) is 100 Å². The number of sulfonamides is 1. The monoisotopic (exact) mass is 461 g/mol. The number of benzene rings is 2. The number of anilines is 1. The molecule has 2 aromatic carbocycles. The van der Waals surface area contributed by atoms with Crippen molar-refractivity contribution in [1.29, 1.82) is 0 Å². The Kier molecular flexibility index (Phi) is 6.50. The largest absolute Gasteiger partial charge is 0.613 e. The summed E-state index contributed by atoms with van der Waals surface area (Å²) in [5.41, 5.74) is 1.97. The second-order valence-corrected chi connectivity index (χ2v) is 8.78. The predicted octanol–water partition coefficient (Wildman–Crippen LogP) is 3.63. The predicted molar refractivity (Wildman–Crippen MR) is 125 cm³/mol. The number of para-hydroxylation sites is 2. The maximum absolute atomic E-state index is 12.9. The second kappa shape index (κ2) is 9.66. The first-order valence-corrected chi connectivity index (χ1v) is 11.8. The molecule has 0 saturated carbocycles. The SMILES string of the molecule is CCCOC([O-])=C1C=CC(=Nc2nc3ccccc3nc2NS(=O)(=O)c2ccccc2)C=C1. The van der Waals surface area contributed by atoms with Crippen LogP contribution in [0.1, 0.15) is 13.3 Å². The van der Waals surface area contributed by atoms with Gasteiger partial charge in [0.2, 0.25) is 0 Å². The number of rotatable bonds is 7. The maximum atomic E-state index is 12.9. The third-order valence-electron chi connectivity index (χ3n) is 4.61. The molecule has 168 valence electrons. The Labute approximate surface area is 191 Å². The fourth-order valence-corrected chi connectivity index (χ4v) is 4.02. The molecule has 0 radical (unpaired) electrons. The van der Waals surface area contributed by atoms with E-state index < -0.39 is 16.0 Å². The standard InChI is InChI=1S/C24H22N4O4S/c1-2-16-32-24(29)17-12-14-18(15-13-17)25-22-23(27-21-11-7-6-10-20(21)26-22)28-33(30,31)19-8-4-3-5-9-19/h3-15,29H,2,16H2,1H3,(H,27,28)/p-1. The Hall–Kier alpha value is -3.98. The molecule has 0 saturated heterocycles. The molecule has 0 bridgehead atoms. The van der Waals surface area contributed by atoms with E-state index >= 15 is 0 Å². The molecule has 1 aliphatic carbocycles. The average molecular weight is 462 g/mol. The van der Waals surface area contributed by atoms with Gasteiger partial charge in [-0.2, -0.15) is 0 Å². The molecule has 1 aliphatic rings. The lowest BCUT2D eigenvalue weighted by atomic mass is 10.1. The topological polar surface area (TPSA) is 117 Å². The fraction of sp³-hybridized carbons (Fsp3) is 0.125. The summed E-state index contributed by atoms with van der Waals surface area (Å²) >= 11 is 0. The third-order valence-corrected chi connectivity index (χ3v) is 5.97. The lowest BCUT2D eigenvalue weighted by molar-refractivity contribution is -0.358. The minimum Gasteiger partial charge on any atom is -0.613 e. The first kappa shape index (κ1) is 22.2. The molecule has 0 aliphatic heterocycles. The second-order valence-electron chi connectivity index (χ2n) is 7.10. The first-order chi connectivity index (χ1) is 16.0. The summed E-state index contributed by atoms with van der Waals surface area (Å²) in [6, 6.07) is 15.1. The number of aliphatic imine (C=N–C) groups is 1. The molecular formula is C24H21N4O4S-. The van der Waals surface area contributed by atoms with Crippen LogP contribution in [-0.2, 0) is 14.8 Å². The number of nitrogens with zero attached hydrogens (tertiary/aromatic N) is 3. The molecule has 8 nitrogen and oxygen atoms in total. The van der Waals surface area contributed by atoms with Gasteiger partial charge in [0.25, 0.3) is 10.0 Å². The van der Waals surface area contributed by atoms with Crippen LogP contribution in [0.4, 0.5) is 11.6 Å². The quantitative estimate of drug-likeness (QED) is 0.537. The molecule has 0 atom stereocenters. The summed E-state index contributed by atoms with van der Waals surface area (Å²) in [5.74, 6) is -0.302. The number of fused-ring (bicyclic) bond motifs is 1. The van der Waals surface area contributed by atoms with Gasteiger partial charge in [0.05, 0.1) is 27.6 Å². The van der Waals surface area contributed by atoms with E-state index in [0.717, 1.165) is 6.42 Å². The van der Waals surface area contributed by atoms with Gasteiger partial charge in [-0.15, -0.1) is 0 Å². The normalized spacial score (nSPS) is 13.2. The minimum absolute atomic E-state index is 0.00369. The molecular weight excluding hydrogens is 440 g/mol. The molecule has 1 N–H and O–H groups in total. The van der Waals surface area contributed by atoms with Crippen LogP contribution in [-0.4, -0.2) is 30.7 Å². The molecule has 3 aromatic rings. The number of nitrogens with one attached hydrogen (secondary N) is 1. The Morgan fingerprint density at radius 1 is 0.970 bits per heavy atom. The van der Waals surface area contributed by atoms with Crippen molar-refractivity contribution in [1.82, 2.24) is 9.97 Å². The molecule has 33 heavy (non-hydrogen) atoms. The van der Waals surface area contributed by atoms with Crippen LogP contribution in [0.3, 0.4) is 0 Å². The van der Waals surface area contributed by atoms with Gasteiger partial charge in [-0.1, -0.05) is 49.4 Å². The zero-order chi connectivity index (χ0) is 23.3.